The van der Waals surface area contributed by atoms with Crippen LogP contribution >= 0.6 is 0 Å². The number of aromatic nitrogens is 1. The van der Waals surface area contributed by atoms with Gasteiger partial charge < -0.3 is 15.0 Å². The van der Waals surface area contributed by atoms with E-state index in [1.807, 2.05) is 12.3 Å². The van der Waals surface area contributed by atoms with Crippen LogP contribution in [-0.2, 0) is 17.7 Å². The highest BCUT2D eigenvalue weighted by Gasteiger charge is 2.15. The molecule has 0 unspecified atom stereocenters. The molecule has 122 valence electrons. The monoisotopic (exact) mass is 305 g/mol. The summed E-state index contributed by atoms with van der Waals surface area (Å²) in [6, 6.07) is 3.99. The predicted molar refractivity (Wildman–Crippen MR) is 86.7 cm³/mol. The Bertz CT molecular complexity index is 455. The van der Waals surface area contributed by atoms with E-state index in [0.29, 0.717) is 19.2 Å². The molecule has 1 fully saturated rings. The SMILES string of the molecule is CCc1ccc(CN(C)C(=O)NCC[C@H]2CCCCO2)nc1. The van der Waals surface area contributed by atoms with E-state index in [9.17, 15) is 4.79 Å². The first-order valence-electron chi connectivity index (χ1n) is 8.23. The maximum absolute atomic E-state index is 12.1. The molecule has 0 spiro atoms. The standard InChI is InChI=1S/C17H27N3O2/c1-3-14-7-8-15(19-12-14)13-20(2)17(21)18-10-9-16-6-4-5-11-22-16/h7-8,12,16H,3-6,9-11,13H2,1-2H3,(H,18,21)/t16-/m1/s1. The minimum atomic E-state index is -0.0582. The average Bonchev–Trinajstić information content (AvgIpc) is 2.56. The van der Waals surface area contributed by atoms with Gasteiger partial charge >= 0.3 is 6.03 Å². The first-order valence-corrected chi connectivity index (χ1v) is 8.23. The Morgan fingerprint density at radius 2 is 2.32 bits per heavy atom. The lowest BCUT2D eigenvalue weighted by Gasteiger charge is -2.23. The molecule has 5 nitrogen and oxygen atoms in total. The molecule has 22 heavy (non-hydrogen) atoms. The van der Waals surface area contributed by atoms with Crippen molar-refractivity contribution in [2.45, 2.75) is 51.7 Å². The van der Waals surface area contributed by atoms with Gasteiger partial charge in [0.2, 0.25) is 0 Å². The Morgan fingerprint density at radius 1 is 1.45 bits per heavy atom. The van der Waals surface area contributed by atoms with Gasteiger partial charge in [-0.15, -0.1) is 0 Å². The second-order valence-corrected chi connectivity index (χ2v) is 5.88. The van der Waals surface area contributed by atoms with Gasteiger partial charge in [-0.25, -0.2) is 4.79 Å². The highest BCUT2D eigenvalue weighted by Crippen LogP contribution is 2.14. The smallest absolute Gasteiger partial charge is 0.317 e. The number of carbonyl (C=O) groups excluding carboxylic acids is 1. The fraction of sp³-hybridized carbons (Fsp3) is 0.647. The molecule has 0 aromatic carbocycles. The van der Waals surface area contributed by atoms with E-state index in [1.54, 1.807) is 11.9 Å². The number of nitrogens with zero attached hydrogens (tertiary/aromatic N) is 2. The molecular formula is C17H27N3O2. The van der Waals surface area contributed by atoms with Crippen LogP contribution in [0.3, 0.4) is 0 Å². The molecular weight excluding hydrogens is 278 g/mol. The summed E-state index contributed by atoms with van der Waals surface area (Å²) >= 11 is 0. The number of hydrogen-bond donors (Lipinski definition) is 1. The molecule has 1 atom stereocenters. The van der Waals surface area contributed by atoms with E-state index < -0.39 is 0 Å². The van der Waals surface area contributed by atoms with Crippen LogP contribution in [-0.4, -0.2) is 42.2 Å². The fourth-order valence-corrected chi connectivity index (χ4v) is 2.58. The number of urea groups is 1. The summed E-state index contributed by atoms with van der Waals surface area (Å²) in [4.78, 5) is 18.1. The highest BCUT2D eigenvalue weighted by atomic mass is 16.5. The van der Waals surface area contributed by atoms with Crippen molar-refractivity contribution in [3.05, 3.63) is 29.6 Å². The zero-order chi connectivity index (χ0) is 15.8. The molecule has 0 aliphatic carbocycles. The van der Waals surface area contributed by atoms with Gasteiger partial charge in [-0.3, -0.25) is 4.98 Å². The number of carbonyl (C=O) groups is 1. The molecule has 0 radical (unpaired) electrons. The average molecular weight is 305 g/mol. The molecule has 2 rings (SSSR count). The van der Waals surface area contributed by atoms with Gasteiger partial charge in [-0.05, 0) is 43.7 Å². The zero-order valence-electron chi connectivity index (χ0n) is 13.7. The van der Waals surface area contributed by atoms with Crippen LogP contribution in [0.1, 0.15) is 43.9 Å². The molecule has 1 N–H and O–H groups in total. The second-order valence-electron chi connectivity index (χ2n) is 5.88. The number of aryl methyl sites for hydroxylation is 1. The summed E-state index contributed by atoms with van der Waals surface area (Å²) in [7, 11) is 1.79. The van der Waals surface area contributed by atoms with Crippen molar-refractivity contribution in [3.8, 4) is 0 Å². The first kappa shape index (κ1) is 16.7. The Morgan fingerprint density at radius 3 is 2.95 bits per heavy atom. The lowest BCUT2D eigenvalue weighted by molar-refractivity contribution is 0.0118. The van der Waals surface area contributed by atoms with E-state index in [1.165, 1.54) is 12.0 Å². The predicted octanol–water partition coefficient (Wildman–Crippen LogP) is 2.74. The van der Waals surface area contributed by atoms with Gasteiger partial charge in [0, 0.05) is 26.4 Å². The van der Waals surface area contributed by atoms with Crippen molar-refractivity contribution in [1.82, 2.24) is 15.2 Å². The Kier molecular flexibility index (Phi) is 6.65. The first-order chi connectivity index (χ1) is 10.7. The fourth-order valence-electron chi connectivity index (χ4n) is 2.58. The van der Waals surface area contributed by atoms with E-state index in [0.717, 1.165) is 38.0 Å². The maximum Gasteiger partial charge on any atom is 0.317 e. The maximum atomic E-state index is 12.1. The molecule has 0 saturated carbocycles. The number of hydrogen-bond acceptors (Lipinski definition) is 3. The summed E-state index contributed by atoms with van der Waals surface area (Å²) < 4.78 is 5.66. The van der Waals surface area contributed by atoms with Crippen molar-refractivity contribution in [2.75, 3.05) is 20.2 Å². The third-order valence-electron chi connectivity index (χ3n) is 4.06. The number of ether oxygens (including phenoxy) is 1. The van der Waals surface area contributed by atoms with Crippen molar-refractivity contribution >= 4 is 6.03 Å². The minimum Gasteiger partial charge on any atom is -0.378 e. The van der Waals surface area contributed by atoms with Crippen LogP contribution in [0.4, 0.5) is 4.79 Å². The zero-order valence-corrected chi connectivity index (χ0v) is 13.7. The molecule has 2 amide bonds. The van der Waals surface area contributed by atoms with Gasteiger partial charge in [0.1, 0.15) is 0 Å². The van der Waals surface area contributed by atoms with Crippen LogP contribution in [0.5, 0.6) is 0 Å². The van der Waals surface area contributed by atoms with Crippen molar-refractivity contribution in [3.63, 3.8) is 0 Å². The molecule has 0 bridgehead atoms. The molecule has 1 aliphatic heterocycles. The molecule has 1 aliphatic rings. The van der Waals surface area contributed by atoms with Gasteiger partial charge in [0.05, 0.1) is 18.3 Å². The summed E-state index contributed by atoms with van der Waals surface area (Å²) in [6.45, 7) is 4.15. The Labute approximate surface area is 133 Å². The summed E-state index contributed by atoms with van der Waals surface area (Å²) in [6.07, 6.45) is 7.56. The molecule has 5 heteroatoms. The van der Waals surface area contributed by atoms with E-state index in [-0.39, 0.29) is 6.03 Å². The van der Waals surface area contributed by atoms with Gasteiger partial charge in [0.25, 0.3) is 0 Å². The number of rotatable bonds is 6. The van der Waals surface area contributed by atoms with Gasteiger partial charge in [-0.1, -0.05) is 13.0 Å². The second kappa shape index (κ2) is 8.73. The van der Waals surface area contributed by atoms with Crippen LogP contribution in [0, 0.1) is 0 Å². The lowest BCUT2D eigenvalue weighted by atomic mass is 10.1. The molecule has 1 aromatic rings. The third-order valence-corrected chi connectivity index (χ3v) is 4.06. The summed E-state index contributed by atoms with van der Waals surface area (Å²) in [5, 5.41) is 2.95. The lowest BCUT2D eigenvalue weighted by Crippen LogP contribution is -2.38. The normalized spacial score (nSPS) is 18.0. The Balaban J connectivity index is 1.69. The molecule has 2 heterocycles. The van der Waals surface area contributed by atoms with Crippen LogP contribution in [0.25, 0.3) is 0 Å². The van der Waals surface area contributed by atoms with Crippen molar-refractivity contribution in [1.29, 1.82) is 0 Å². The van der Waals surface area contributed by atoms with Gasteiger partial charge in [0.15, 0.2) is 0 Å². The van der Waals surface area contributed by atoms with E-state index in [4.69, 9.17) is 4.74 Å². The van der Waals surface area contributed by atoms with E-state index in [2.05, 4.69) is 23.3 Å². The highest BCUT2D eigenvalue weighted by molar-refractivity contribution is 5.73. The van der Waals surface area contributed by atoms with Gasteiger partial charge in [-0.2, -0.15) is 0 Å². The number of nitrogens with one attached hydrogen (secondary N) is 1. The van der Waals surface area contributed by atoms with Crippen molar-refractivity contribution < 1.29 is 9.53 Å². The quantitative estimate of drug-likeness (QED) is 0.879. The Hall–Kier alpha value is -1.62. The van der Waals surface area contributed by atoms with Crippen LogP contribution < -0.4 is 5.32 Å². The van der Waals surface area contributed by atoms with E-state index >= 15 is 0 Å². The largest absolute Gasteiger partial charge is 0.378 e. The third kappa shape index (κ3) is 5.30. The molecule has 1 saturated heterocycles. The molecule has 1 aromatic heterocycles. The summed E-state index contributed by atoms with van der Waals surface area (Å²) in [5.41, 5.74) is 2.12. The summed E-state index contributed by atoms with van der Waals surface area (Å²) in [5.74, 6) is 0. The van der Waals surface area contributed by atoms with Crippen LogP contribution in [0.2, 0.25) is 0 Å². The minimum absolute atomic E-state index is 0.0582. The topological polar surface area (TPSA) is 54.5 Å². The van der Waals surface area contributed by atoms with Crippen LogP contribution in [0.15, 0.2) is 18.3 Å². The number of amides is 2. The van der Waals surface area contributed by atoms with Crippen molar-refractivity contribution in [2.24, 2.45) is 0 Å². The number of pyridine rings is 1.